The second-order valence-electron chi connectivity index (χ2n) is 6.08. The molecule has 1 aliphatic heterocycles. The Morgan fingerprint density at radius 2 is 1.89 bits per heavy atom. The molecule has 0 spiro atoms. The molecule has 0 aliphatic carbocycles. The Labute approximate surface area is 155 Å². The van der Waals surface area contributed by atoms with Crippen LogP contribution in [-0.4, -0.2) is 63.6 Å². The van der Waals surface area contributed by atoms with Gasteiger partial charge in [0.15, 0.2) is 0 Å². The lowest BCUT2D eigenvalue weighted by molar-refractivity contribution is -0.383. The molecule has 1 aliphatic rings. The number of likely N-dealkylation sites (N-methyl/N-ethyl adjacent to an activating group) is 1. The number of piperazine rings is 1. The number of nitro groups is 1. The van der Waals surface area contributed by atoms with Crippen LogP contribution in [0.5, 0.6) is 0 Å². The average molecular weight is 372 g/mol. The summed E-state index contributed by atoms with van der Waals surface area (Å²) < 4.78 is 0. The van der Waals surface area contributed by atoms with E-state index in [9.17, 15) is 14.9 Å². The smallest absolute Gasteiger partial charge is 0.353 e. The van der Waals surface area contributed by atoms with E-state index < -0.39 is 10.9 Å². The summed E-state index contributed by atoms with van der Waals surface area (Å²) >= 11 is 0. The summed E-state index contributed by atoms with van der Waals surface area (Å²) in [6.45, 7) is 5.96. The quantitative estimate of drug-likeness (QED) is 0.578. The number of hydrogen-bond acceptors (Lipinski definition) is 8. The summed E-state index contributed by atoms with van der Waals surface area (Å²) in [5, 5.41) is 23.6. The van der Waals surface area contributed by atoms with Gasteiger partial charge in [0.25, 0.3) is 0 Å². The Morgan fingerprint density at radius 3 is 2.44 bits per heavy atom. The summed E-state index contributed by atoms with van der Waals surface area (Å²) in [6, 6.07) is 5.91. The summed E-state index contributed by atoms with van der Waals surface area (Å²) in [7, 11) is 0. The van der Waals surface area contributed by atoms with Gasteiger partial charge in [-0.05, 0) is 30.8 Å². The van der Waals surface area contributed by atoms with Crippen molar-refractivity contribution in [1.82, 2.24) is 14.9 Å². The van der Waals surface area contributed by atoms with Crippen molar-refractivity contribution in [3.8, 4) is 0 Å². The average Bonchev–Trinajstić information content (AvgIpc) is 2.68. The topological polar surface area (TPSA) is 125 Å². The zero-order valence-corrected chi connectivity index (χ0v) is 14.8. The maximum atomic E-state index is 11.7. The normalized spacial score (nSPS) is 14.8. The molecule has 10 heteroatoms. The van der Waals surface area contributed by atoms with E-state index in [1.54, 1.807) is 0 Å². The second kappa shape index (κ2) is 7.96. The van der Waals surface area contributed by atoms with Gasteiger partial charge in [0.2, 0.25) is 11.6 Å². The minimum absolute atomic E-state index is 0.0750. The highest BCUT2D eigenvalue weighted by Gasteiger charge is 2.29. The monoisotopic (exact) mass is 372 g/mol. The maximum Gasteiger partial charge on any atom is 0.353 e. The van der Waals surface area contributed by atoms with Crippen molar-refractivity contribution in [3.63, 3.8) is 0 Å². The van der Waals surface area contributed by atoms with Crippen LogP contribution in [0.15, 0.2) is 30.6 Å². The van der Waals surface area contributed by atoms with Gasteiger partial charge in [-0.2, -0.15) is 0 Å². The van der Waals surface area contributed by atoms with E-state index >= 15 is 0 Å². The van der Waals surface area contributed by atoms with Gasteiger partial charge in [0.1, 0.15) is 6.33 Å². The van der Waals surface area contributed by atoms with Gasteiger partial charge in [0.05, 0.1) is 10.5 Å². The molecule has 1 fully saturated rings. The van der Waals surface area contributed by atoms with Crippen molar-refractivity contribution in [2.45, 2.75) is 6.92 Å². The van der Waals surface area contributed by atoms with Gasteiger partial charge in [0, 0.05) is 31.9 Å². The van der Waals surface area contributed by atoms with Crippen molar-refractivity contribution < 1.29 is 14.8 Å². The van der Waals surface area contributed by atoms with E-state index in [0.717, 1.165) is 19.6 Å². The molecule has 0 atom stereocenters. The van der Waals surface area contributed by atoms with Crippen molar-refractivity contribution in [1.29, 1.82) is 0 Å². The molecule has 1 aromatic carbocycles. The largest absolute Gasteiger partial charge is 0.478 e. The molecule has 0 bridgehead atoms. The molecule has 3 rings (SSSR count). The SMILES string of the molecule is CCN1CCN(c2ncnc(Nc3ccc(C(=O)O)cc3)c2[N+](=O)[O-])CC1. The molecular weight excluding hydrogens is 352 g/mol. The Kier molecular flexibility index (Phi) is 5.46. The Bertz CT molecular complexity index is 834. The van der Waals surface area contributed by atoms with Crippen LogP contribution >= 0.6 is 0 Å². The standard InChI is InChI=1S/C17H20N6O4/c1-2-21-7-9-22(10-8-21)16-14(23(26)27)15(18-11-19-16)20-13-5-3-12(4-6-13)17(24)25/h3-6,11H,2,7-10H2,1H3,(H,24,25)(H,18,19,20). The molecule has 1 aromatic heterocycles. The minimum Gasteiger partial charge on any atom is -0.478 e. The highest BCUT2D eigenvalue weighted by atomic mass is 16.6. The zero-order valence-electron chi connectivity index (χ0n) is 14.8. The second-order valence-corrected chi connectivity index (χ2v) is 6.08. The van der Waals surface area contributed by atoms with Crippen LogP contribution in [0.1, 0.15) is 17.3 Å². The van der Waals surface area contributed by atoms with E-state index in [1.165, 1.54) is 30.6 Å². The maximum absolute atomic E-state index is 11.7. The number of rotatable bonds is 6. The van der Waals surface area contributed by atoms with Gasteiger partial charge in [-0.15, -0.1) is 0 Å². The number of aromatic carboxylic acids is 1. The first-order chi connectivity index (χ1) is 13.0. The minimum atomic E-state index is -1.04. The van der Waals surface area contributed by atoms with Crippen LogP contribution < -0.4 is 10.2 Å². The van der Waals surface area contributed by atoms with Crippen LogP contribution in [0.4, 0.5) is 23.0 Å². The van der Waals surface area contributed by atoms with E-state index in [4.69, 9.17) is 5.11 Å². The predicted octanol–water partition coefficient (Wildman–Crippen LogP) is 1.97. The van der Waals surface area contributed by atoms with Crippen LogP contribution in [0.25, 0.3) is 0 Å². The summed E-state index contributed by atoms with van der Waals surface area (Å²) in [5.41, 5.74) is 0.445. The van der Waals surface area contributed by atoms with Crippen molar-refractivity contribution in [2.75, 3.05) is 42.9 Å². The molecule has 0 unspecified atom stereocenters. The molecule has 0 saturated carbocycles. The van der Waals surface area contributed by atoms with Crippen LogP contribution in [0.3, 0.4) is 0 Å². The molecule has 2 aromatic rings. The third-order valence-electron chi connectivity index (χ3n) is 4.50. The number of carboxylic acids is 1. The number of benzene rings is 1. The number of aromatic nitrogens is 2. The Hall–Kier alpha value is -3.27. The molecule has 142 valence electrons. The fourth-order valence-corrected chi connectivity index (χ4v) is 2.97. The number of nitrogens with zero attached hydrogens (tertiary/aromatic N) is 5. The lowest BCUT2D eigenvalue weighted by atomic mass is 10.2. The van der Waals surface area contributed by atoms with Gasteiger partial charge in [-0.1, -0.05) is 6.92 Å². The van der Waals surface area contributed by atoms with Crippen LogP contribution in [0.2, 0.25) is 0 Å². The molecule has 10 nitrogen and oxygen atoms in total. The summed E-state index contributed by atoms with van der Waals surface area (Å²) in [5.74, 6) is -0.676. The molecule has 2 N–H and O–H groups in total. The Morgan fingerprint density at radius 1 is 1.22 bits per heavy atom. The van der Waals surface area contributed by atoms with E-state index in [2.05, 4.69) is 27.1 Å². The van der Waals surface area contributed by atoms with Crippen molar-refractivity contribution in [3.05, 3.63) is 46.3 Å². The zero-order chi connectivity index (χ0) is 19.4. The highest BCUT2D eigenvalue weighted by molar-refractivity contribution is 5.88. The third-order valence-corrected chi connectivity index (χ3v) is 4.50. The van der Waals surface area contributed by atoms with E-state index in [0.29, 0.717) is 18.8 Å². The molecular formula is C17H20N6O4. The van der Waals surface area contributed by atoms with Gasteiger partial charge < -0.3 is 20.2 Å². The molecule has 0 radical (unpaired) electrons. The number of nitrogens with one attached hydrogen (secondary N) is 1. The Balaban J connectivity index is 1.87. The fraction of sp³-hybridized carbons (Fsp3) is 0.353. The molecule has 0 amide bonds. The van der Waals surface area contributed by atoms with Crippen LogP contribution in [-0.2, 0) is 0 Å². The first-order valence-electron chi connectivity index (χ1n) is 8.56. The van der Waals surface area contributed by atoms with Crippen molar-refractivity contribution >= 4 is 29.0 Å². The molecule has 2 heterocycles. The third kappa shape index (κ3) is 4.11. The number of anilines is 3. The van der Waals surface area contributed by atoms with Gasteiger partial charge >= 0.3 is 11.7 Å². The van der Waals surface area contributed by atoms with Crippen LogP contribution in [0, 0.1) is 10.1 Å². The molecule has 27 heavy (non-hydrogen) atoms. The lowest BCUT2D eigenvalue weighted by Crippen LogP contribution is -2.46. The first kappa shape index (κ1) is 18.5. The highest BCUT2D eigenvalue weighted by Crippen LogP contribution is 2.34. The lowest BCUT2D eigenvalue weighted by Gasteiger charge is -2.34. The fourth-order valence-electron chi connectivity index (χ4n) is 2.97. The van der Waals surface area contributed by atoms with E-state index in [-0.39, 0.29) is 22.9 Å². The number of carbonyl (C=O) groups is 1. The number of carboxylic acid groups (broad SMARTS) is 1. The van der Waals surface area contributed by atoms with Crippen molar-refractivity contribution in [2.24, 2.45) is 0 Å². The summed E-state index contributed by atoms with van der Waals surface area (Å²) in [4.78, 5) is 34.5. The van der Waals surface area contributed by atoms with E-state index in [1.807, 2.05) is 4.90 Å². The molecule has 1 saturated heterocycles. The summed E-state index contributed by atoms with van der Waals surface area (Å²) in [6.07, 6.45) is 1.29. The first-order valence-corrected chi connectivity index (χ1v) is 8.56. The van der Waals surface area contributed by atoms with Gasteiger partial charge in [-0.3, -0.25) is 10.1 Å². The number of hydrogen-bond donors (Lipinski definition) is 2. The van der Waals surface area contributed by atoms with Gasteiger partial charge in [-0.25, -0.2) is 14.8 Å². The predicted molar refractivity (Wildman–Crippen MR) is 99.7 cm³/mol.